The summed E-state index contributed by atoms with van der Waals surface area (Å²) >= 11 is 0. The van der Waals surface area contributed by atoms with Crippen molar-refractivity contribution in [3.8, 4) is 5.69 Å². The monoisotopic (exact) mass is 558 g/mol. The van der Waals surface area contributed by atoms with Crippen LogP contribution in [0.3, 0.4) is 0 Å². The molecule has 0 bridgehead atoms. The predicted molar refractivity (Wildman–Crippen MR) is 139 cm³/mol. The van der Waals surface area contributed by atoms with E-state index in [1.54, 1.807) is 24.0 Å². The lowest BCUT2D eigenvalue weighted by molar-refractivity contribution is -0.136. The van der Waals surface area contributed by atoms with Crippen molar-refractivity contribution < 1.29 is 22.3 Å². The lowest BCUT2D eigenvalue weighted by atomic mass is 9.83. The number of rotatable bonds is 6. The van der Waals surface area contributed by atoms with Crippen LogP contribution in [0.1, 0.15) is 48.2 Å². The van der Waals surface area contributed by atoms with Gasteiger partial charge in [0.15, 0.2) is 0 Å². The molecule has 2 aliphatic rings. The van der Waals surface area contributed by atoms with Gasteiger partial charge in [0.2, 0.25) is 0 Å². The Morgan fingerprint density at radius 2 is 1.95 bits per heavy atom. The van der Waals surface area contributed by atoms with E-state index in [1.165, 1.54) is 12.3 Å². The molecule has 6 rings (SSSR count). The highest BCUT2D eigenvalue weighted by Gasteiger charge is 2.36. The first-order valence-corrected chi connectivity index (χ1v) is 13.4. The molecule has 4 aromatic rings. The number of piperidine rings is 1. The second kappa shape index (κ2) is 10.2. The number of fused-ring (bicyclic) bond motifs is 1. The third-order valence-electron chi connectivity index (χ3n) is 7.98. The van der Waals surface area contributed by atoms with Crippen molar-refractivity contribution in [2.24, 2.45) is 18.9 Å². The molecule has 212 valence electrons. The molecule has 8 nitrogen and oxygen atoms in total. The van der Waals surface area contributed by atoms with E-state index >= 15 is 4.39 Å². The molecular formula is C28H30F4N6O2. The summed E-state index contributed by atoms with van der Waals surface area (Å²) in [6.07, 6.45) is 1.55. The van der Waals surface area contributed by atoms with Crippen molar-refractivity contribution in [1.29, 1.82) is 0 Å². The molecule has 0 amide bonds. The van der Waals surface area contributed by atoms with Crippen LogP contribution in [0.4, 0.5) is 17.6 Å². The third kappa shape index (κ3) is 4.94. The molecule has 0 unspecified atom stereocenters. The maximum Gasteiger partial charge on any atom is 0.418 e. The molecule has 0 N–H and O–H groups in total. The average Bonchev–Trinajstić information content (AvgIpc) is 3.42. The van der Waals surface area contributed by atoms with Crippen molar-refractivity contribution in [2.75, 3.05) is 26.3 Å². The van der Waals surface area contributed by atoms with Gasteiger partial charge in [0.25, 0.3) is 0 Å². The summed E-state index contributed by atoms with van der Waals surface area (Å²) in [5.74, 6) is 0.0997. The second-order valence-corrected chi connectivity index (χ2v) is 11.1. The van der Waals surface area contributed by atoms with Gasteiger partial charge in [-0.1, -0.05) is 6.92 Å². The number of aryl methyl sites for hydroxylation is 1. The van der Waals surface area contributed by atoms with Crippen LogP contribution in [-0.2, 0) is 24.5 Å². The molecule has 12 heteroatoms. The summed E-state index contributed by atoms with van der Waals surface area (Å²) in [5.41, 5.74) is -0.801. The van der Waals surface area contributed by atoms with E-state index in [-0.39, 0.29) is 23.0 Å². The molecule has 0 saturated carbocycles. The Bertz CT molecular complexity index is 1600. The Morgan fingerprint density at radius 3 is 2.60 bits per heavy atom. The number of nitrogens with zero attached hydrogens (tertiary/aromatic N) is 6. The normalized spacial score (nSPS) is 19.7. The van der Waals surface area contributed by atoms with Gasteiger partial charge in [0, 0.05) is 38.4 Å². The molecule has 0 aliphatic carbocycles. The number of pyridine rings is 1. The predicted octanol–water partition coefficient (Wildman–Crippen LogP) is 4.39. The first kappa shape index (κ1) is 26.7. The Hall–Kier alpha value is -3.51. The quantitative estimate of drug-likeness (QED) is 0.329. The molecule has 0 radical (unpaired) electrons. The van der Waals surface area contributed by atoms with E-state index in [0.29, 0.717) is 42.6 Å². The van der Waals surface area contributed by atoms with E-state index in [2.05, 4.69) is 22.0 Å². The van der Waals surface area contributed by atoms with E-state index < -0.39 is 23.2 Å². The van der Waals surface area contributed by atoms with Crippen LogP contribution in [0.15, 0.2) is 47.8 Å². The molecule has 2 fully saturated rings. The average molecular weight is 559 g/mol. The minimum atomic E-state index is -4.68. The van der Waals surface area contributed by atoms with Crippen molar-refractivity contribution in [3.63, 3.8) is 0 Å². The largest absolute Gasteiger partial charge is 0.418 e. The molecule has 3 aromatic heterocycles. The Labute approximate surface area is 227 Å². The molecule has 0 spiro atoms. The number of ether oxygens (including phenoxy) is 1. The summed E-state index contributed by atoms with van der Waals surface area (Å²) in [4.78, 5) is 15.7. The number of imidazole rings is 1. The fourth-order valence-corrected chi connectivity index (χ4v) is 6.00. The zero-order valence-corrected chi connectivity index (χ0v) is 22.2. The molecule has 2 atom stereocenters. The van der Waals surface area contributed by atoms with Gasteiger partial charge in [-0.2, -0.15) is 13.2 Å². The van der Waals surface area contributed by atoms with Crippen molar-refractivity contribution >= 4 is 5.52 Å². The Kier molecular flexibility index (Phi) is 6.78. The van der Waals surface area contributed by atoms with E-state index in [0.717, 1.165) is 53.2 Å². The van der Waals surface area contributed by atoms with Crippen LogP contribution in [0.25, 0.3) is 11.2 Å². The minimum Gasteiger partial charge on any atom is -0.381 e. The topological polar surface area (TPSA) is 69.6 Å². The van der Waals surface area contributed by atoms with Gasteiger partial charge in [-0.3, -0.25) is 13.9 Å². The fraction of sp³-hybridized carbons (Fsp3) is 0.464. The van der Waals surface area contributed by atoms with Gasteiger partial charge in [0.05, 0.1) is 35.9 Å². The molecule has 2 saturated heterocycles. The number of hydrogen-bond donors (Lipinski definition) is 0. The first-order valence-electron chi connectivity index (χ1n) is 13.4. The van der Waals surface area contributed by atoms with Crippen molar-refractivity contribution in [1.82, 2.24) is 28.6 Å². The number of aromatic nitrogens is 5. The summed E-state index contributed by atoms with van der Waals surface area (Å²) < 4.78 is 66.9. The maximum absolute atomic E-state index is 15.0. The third-order valence-corrected chi connectivity index (χ3v) is 7.98. The number of likely N-dealkylation sites (tertiary alicyclic amines) is 1. The minimum absolute atomic E-state index is 0.0132. The number of halogens is 4. The van der Waals surface area contributed by atoms with Gasteiger partial charge >= 0.3 is 11.9 Å². The van der Waals surface area contributed by atoms with Crippen LogP contribution in [-0.4, -0.2) is 54.9 Å². The molecule has 2 aliphatic heterocycles. The highest BCUT2D eigenvalue weighted by Crippen LogP contribution is 2.37. The zero-order chi connectivity index (χ0) is 28.2. The van der Waals surface area contributed by atoms with Crippen LogP contribution in [0.5, 0.6) is 0 Å². The molecule has 5 heterocycles. The van der Waals surface area contributed by atoms with Crippen LogP contribution in [0, 0.1) is 17.7 Å². The van der Waals surface area contributed by atoms with Gasteiger partial charge in [-0.05, 0) is 60.7 Å². The summed E-state index contributed by atoms with van der Waals surface area (Å²) in [6.45, 7) is 4.93. The van der Waals surface area contributed by atoms with Crippen LogP contribution < -0.4 is 5.69 Å². The lowest BCUT2D eigenvalue weighted by Gasteiger charge is -2.33. The van der Waals surface area contributed by atoms with E-state index in [1.807, 2.05) is 0 Å². The van der Waals surface area contributed by atoms with Gasteiger partial charge in [-0.25, -0.2) is 9.18 Å². The number of alkyl halides is 3. The fourth-order valence-electron chi connectivity index (χ4n) is 6.00. The summed E-state index contributed by atoms with van der Waals surface area (Å²) in [5, 5.41) is 8.17. The van der Waals surface area contributed by atoms with E-state index in [9.17, 15) is 18.0 Å². The standard InChI is InChI=1S/C28H30F4N6O2/c1-17-4-3-5-36(10-17)11-18-6-23(28(30,31)32)24-13-37(27(39)38(24)12-18)22-8-19(7-21(29)9-22)25(20-14-40-15-20)26-34-33-16-35(26)2/h6-9,12-13,16-17,20,25H,3-5,10-11,14-15H2,1-2H3/t17-,25-/m0/s1. The molecule has 40 heavy (non-hydrogen) atoms. The first-order chi connectivity index (χ1) is 19.1. The van der Waals surface area contributed by atoms with Gasteiger partial charge in [0.1, 0.15) is 18.0 Å². The van der Waals surface area contributed by atoms with Gasteiger partial charge < -0.3 is 9.30 Å². The molecule has 1 aromatic carbocycles. The Balaban J connectivity index is 1.45. The smallest absolute Gasteiger partial charge is 0.381 e. The zero-order valence-electron chi connectivity index (χ0n) is 22.2. The van der Waals surface area contributed by atoms with Crippen molar-refractivity contribution in [3.05, 3.63) is 81.8 Å². The second-order valence-electron chi connectivity index (χ2n) is 11.1. The molecular weight excluding hydrogens is 528 g/mol. The SMILES string of the molecule is C[C@H]1CCCN(Cc2cc(C(F)(F)F)c3cn(-c4cc(F)cc([C@H](c5nncn5C)C5COC5)c4)c(=O)n3c2)C1. The van der Waals surface area contributed by atoms with E-state index in [4.69, 9.17) is 4.74 Å². The highest BCUT2D eigenvalue weighted by atomic mass is 19.4. The number of hydrogen-bond acceptors (Lipinski definition) is 5. The van der Waals surface area contributed by atoms with Crippen LogP contribution >= 0.6 is 0 Å². The lowest BCUT2D eigenvalue weighted by Crippen LogP contribution is -2.35. The van der Waals surface area contributed by atoms with Crippen LogP contribution in [0.2, 0.25) is 0 Å². The highest BCUT2D eigenvalue weighted by molar-refractivity contribution is 5.58. The summed E-state index contributed by atoms with van der Waals surface area (Å²) in [6, 6.07) is 5.26. The summed E-state index contributed by atoms with van der Waals surface area (Å²) in [7, 11) is 1.79. The van der Waals surface area contributed by atoms with Crippen molar-refractivity contribution in [2.45, 2.75) is 38.4 Å². The maximum atomic E-state index is 15.0. The number of benzene rings is 1. The Morgan fingerprint density at radius 1 is 1.15 bits per heavy atom. The van der Waals surface area contributed by atoms with Gasteiger partial charge in [-0.15, -0.1) is 10.2 Å².